The highest BCUT2D eigenvalue weighted by atomic mass is 16.1. The number of Topliss-reactive ketones (excluding diaryl/α,β-unsaturated/α-hetero) is 1. The molecule has 64 valence electrons. The van der Waals surface area contributed by atoms with E-state index < -0.39 is 0 Å². The molecular weight excluding hydrogens is 138 g/mol. The fraction of sp³-hybridized carbons (Fsp3) is 0.667. The van der Waals surface area contributed by atoms with E-state index in [-0.39, 0.29) is 11.3 Å². The molecule has 2 nitrogen and oxygen atoms in total. The first-order valence-corrected chi connectivity index (χ1v) is 3.87. The summed E-state index contributed by atoms with van der Waals surface area (Å²) in [7, 11) is 0. The quantitative estimate of drug-likeness (QED) is 0.613. The summed E-state index contributed by atoms with van der Waals surface area (Å²) in [5, 5.41) is 0. The van der Waals surface area contributed by atoms with E-state index in [0.717, 1.165) is 6.42 Å². The second-order valence-electron chi connectivity index (χ2n) is 3.52. The molecule has 2 heteroatoms. The van der Waals surface area contributed by atoms with E-state index in [0.29, 0.717) is 12.8 Å². The minimum Gasteiger partial charge on any atom is -0.326 e. The molecule has 0 spiro atoms. The summed E-state index contributed by atoms with van der Waals surface area (Å²) in [6.45, 7) is 7.34. The topological polar surface area (TPSA) is 43.1 Å². The van der Waals surface area contributed by atoms with Crippen molar-refractivity contribution in [1.82, 2.24) is 0 Å². The van der Waals surface area contributed by atoms with E-state index in [1.807, 2.05) is 13.8 Å². The number of ketones is 1. The number of carbonyl (C=O) groups excluding carboxylic acids is 1. The van der Waals surface area contributed by atoms with Crippen molar-refractivity contribution in [2.24, 2.45) is 5.73 Å². The van der Waals surface area contributed by atoms with Gasteiger partial charge in [0.05, 0.1) is 0 Å². The molecule has 0 atom stereocenters. The van der Waals surface area contributed by atoms with Crippen molar-refractivity contribution in [3.8, 4) is 0 Å². The first-order chi connectivity index (χ1) is 4.95. The molecule has 0 amide bonds. The number of carbonyl (C=O) groups is 1. The van der Waals surface area contributed by atoms with Gasteiger partial charge in [-0.2, -0.15) is 0 Å². The maximum atomic E-state index is 11.0. The van der Waals surface area contributed by atoms with Gasteiger partial charge in [-0.15, -0.1) is 6.58 Å². The fourth-order valence-corrected chi connectivity index (χ4v) is 0.725. The predicted molar refractivity (Wildman–Crippen MR) is 47.3 cm³/mol. The Labute approximate surface area is 68.5 Å². The first-order valence-electron chi connectivity index (χ1n) is 3.87. The highest BCUT2D eigenvalue weighted by Gasteiger charge is 2.11. The molecule has 0 radical (unpaired) electrons. The van der Waals surface area contributed by atoms with Crippen LogP contribution in [0.15, 0.2) is 12.7 Å². The van der Waals surface area contributed by atoms with Crippen LogP contribution in [0.25, 0.3) is 0 Å². The standard InChI is InChI=1S/C9H17NO/c1-4-5-8(11)6-7-9(2,3)10/h4H,1,5-7,10H2,2-3H3. The van der Waals surface area contributed by atoms with Gasteiger partial charge in [-0.3, -0.25) is 4.79 Å². The first kappa shape index (κ1) is 10.4. The smallest absolute Gasteiger partial charge is 0.136 e. The molecule has 0 aliphatic carbocycles. The lowest BCUT2D eigenvalue weighted by atomic mass is 9.98. The molecule has 0 saturated carbocycles. The molecule has 0 saturated heterocycles. The summed E-state index contributed by atoms with van der Waals surface area (Å²) in [6, 6.07) is 0. The van der Waals surface area contributed by atoms with E-state index in [1.165, 1.54) is 0 Å². The van der Waals surface area contributed by atoms with Crippen LogP contribution < -0.4 is 5.73 Å². The third kappa shape index (κ3) is 7.26. The molecule has 0 aromatic carbocycles. The summed E-state index contributed by atoms with van der Waals surface area (Å²) in [6.07, 6.45) is 3.41. The van der Waals surface area contributed by atoms with Gasteiger partial charge in [0.1, 0.15) is 5.78 Å². The summed E-state index contributed by atoms with van der Waals surface area (Å²) >= 11 is 0. The van der Waals surface area contributed by atoms with Crippen molar-refractivity contribution in [1.29, 1.82) is 0 Å². The third-order valence-corrected chi connectivity index (χ3v) is 1.42. The molecular formula is C9H17NO. The lowest BCUT2D eigenvalue weighted by Gasteiger charge is -2.16. The van der Waals surface area contributed by atoms with Gasteiger partial charge in [-0.25, -0.2) is 0 Å². The molecule has 0 fully saturated rings. The molecule has 11 heavy (non-hydrogen) atoms. The van der Waals surface area contributed by atoms with Crippen LogP contribution in [-0.2, 0) is 4.79 Å². The van der Waals surface area contributed by atoms with Gasteiger partial charge in [-0.05, 0) is 20.3 Å². The van der Waals surface area contributed by atoms with Crippen LogP contribution in [0.2, 0.25) is 0 Å². The zero-order chi connectivity index (χ0) is 8.91. The average Bonchev–Trinajstić information content (AvgIpc) is 1.83. The summed E-state index contributed by atoms with van der Waals surface area (Å²) in [5.74, 6) is 0.221. The van der Waals surface area contributed by atoms with Crippen LogP contribution in [0.5, 0.6) is 0 Å². The van der Waals surface area contributed by atoms with E-state index in [2.05, 4.69) is 6.58 Å². The number of allylic oxidation sites excluding steroid dienone is 1. The van der Waals surface area contributed by atoms with Crippen LogP contribution in [0, 0.1) is 0 Å². The Kier molecular flexibility index (Phi) is 4.04. The van der Waals surface area contributed by atoms with Gasteiger partial charge < -0.3 is 5.73 Å². The van der Waals surface area contributed by atoms with Crippen LogP contribution >= 0.6 is 0 Å². The van der Waals surface area contributed by atoms with Crippen molar-refractivity contribution < 1.29 is 4.79 Å². The second kappa shape index (κ2) is 4.29. The summed E-state index contributed by atoms with van der Waals surface area (Å²) < 4.78 is 0. The molecule has 2 N–H and O–H groups in total. The van der Waals surface area contributed by atoms with Gasteiger partial charge >= 0.3 is 0 Å². The molecule has 0 bridgehead atoms. The highest BCUT2D eigenvalue weighted by Crippen LogP contribution is 2.08. The van der Waals surface area contributed by atoms with Crippen molar-refractivity contribution in [2.75, 3.05) is 0 Å². The predicted octanol–water partition coefficient (Wildman–Crippen LogP) is 1.65. The molecule has 0 heterocycles. The van der Waals surface area contributed by atoms with E-state index >= 15 is 0 Å². The van der Waals surface area contributed by atoms with E-state index in [4.69, 9.17) is 5.73 Å². The maximum Gasteiger partial charge on any atom is 0.136 e. The van der Waals surface area contributed by atoms with Gasteiger partial charge in [0.2, 0.25) is 0 Å². The molecule has 0 rings (SSSR count). The van der Waals surface area contributed by atoms with Gasteiger partial charge in [-0.1, -0.05) is 6.08 Å². The lowest BCUT2D eigenvalue weighted by molar-refractivity contribution is -0.118. The summed E-state index contributed by atoms with van der Waals surface area (Å²) in [5.41, 5.74) is 5.48. The van der Waals surface area contributed by atoms with Crippen molar-refractivity contribution in [3.63, 3.8) is 0 Å². The minimum atomic E-state index is -0.225. The Morgan fingerprint density at radius 2 is 2.18 bits per heavy atom. The second-order valence-corrected chi connectivity index (χ2v) is 3.52. The lowest BCUT2D eigenvalue weighted by Crippen LogP contribution is -2.32. The Morgan fingerprint density at radius 3 is 2.55 bits per heavy atom. The van der Waals surface area contributed by atoms with Crippen molar-refractivity contribution >= 4 is 5.78 Å². The minimum absolute atomic E-state index is 0.221. The SMILES string of the molecule is C=CCC(=O)CCC(C)(C)N. The van der Waals surface area contributed by atoms with E-state index in [1.54, 1.807) is 6.08 Å². The van der Waals surface area contributed by atoms with Crippen molar-refractivity contribution in [3.05, 3.63) is 12.7 Å². The van der Waals surface area contributed by atoms with Gasteiger partial charge in [0.15, 0.2) is 0 Å². The summed E-state index contributed by atoms with van der Waals surface area (Å²) in [4.78, 5) is 11.0. The van der Waals surface area contributed by atoms with Crippen molar-refractivity contribution in [2.45, 2.75) is 38.6 Å². The Balaban J connectivity index is 3.54. The zero-order valence-corrected chi connectivity index (χ0v) is 7.39. The van der Waals surface area contributed by atoms with Crippen LogP contribution in [0.1, 0.15) is 33.1 Å². The van der Waals surface area contributed by atoms with Crippen LogP contribution in [0.4, 0.5) is 0 Å². The fourth-order valence-electron chi connectivity index (χ4n) is 0.725. The monoisotopic (exact) mass is 155 g/mol. The molecule has 0 aliphatic rings. The number of hydrogen-bond acceptors (Lipinski definition) is 2. The molecule has 0 unspecified atom stereocenters. The molecule has 0 aromatic rings. The molecule has 0 aromatic heterocycles. The maximum absolute atomic E-state index is 11.0. The van der Waals surface area contributed by atoms with Gasteiger partial charge in [0.25, 0.3) is 0 Å². The number of hydrogen-bond donors (Lipinski definition) is 1. The number of rotatable bonds is 5. The van der Waals surface area contributed by atoms with E-state index in [9.17, 15) is 4.79 Å². The largest absolute Gasteiger partial charge is 0.326 e. The van der Waals surface area contributed by atoms with Crippen LogP contribution in [0.3, 0.4) is 0 Å². The van der Waals surface area contributed by atoms with Crippen LogP contribution in [-0.4, -0.2) is 11.3 Å². The molecule has 0 aliphatic heterocycles. The normalized spacial score (nSPS) is 11.2. The zero-order valence-electron chi connectivity index (χ0n) is 7.39. The van der Waals surface area contributed by atoms with Gasteiger partial charge in [0, 0.05) is 18.4 Å². The Bertz CT molecular complexity index is 144. The highest BCUT2D eigenvalue weighted by molar-refractivity contribution is 5.79. The average molecular weight is 155 g/mol. The third-order valence-electron chi connectivity index (χ3n) is 1.42. The number of nitrogens with two attached hydrogens (primary N) is 1. The Morgan fingerprint density at radius 1 is 1.64 bits per heavy atom. The Hall–Kier alpha value is -0.630.